The molecule has 2 aliphatic rings. The molecule has 0 saturated carbocycles. The van der Waals surface area contributed by atoms with Gasteiger partial charge in [-0.3, -0.25) is 9.69 Å². The summed E-state index contributed by atoms with van der Waals surface area (Å²) in [5.41, 5.74) is 4.69. The van der Waals surface area contributed by atoms with E-state index in [1.807, 2.05) is 6.07 Å². The van der Waals surface area contributed by atoms with E-state index < -0.39 is 0 Å². The van der Waals surface area contributed by atoms with Crippen LogP contribution in [0.4, 0.5) is 0 Å². The molecule has 1 aliphatic heterocycles. The van der Waals surface area contributed by atoms with E-state index in [9.17, 15) is 4.79 Å². The minimum atomic E-state index is 0.0222. The largest absolute Gasteiger partial charge is 0.379 e. The topological polar surface area (TPSA) is 57.4 Å². The van der Waals surface area contributed by atoms with Crippen LogP contribution < -0.4 is 5.32 Å². The summed E-state index contributed by atoms with van der Waals surface area (Å²) in [4.78, 5) is 18.4. The fourth-order valence-electron chi connectivity index (χ4n) is 3.99. The number of benzene rings is 1. The first-order valence-corrected chi connectivity index (χ1v) is 9.42. The van der Waals surface area contributed by atoms with Gasteiger partial charge >= 0.3 is 0 Å². The Morgan fingerprint density at radius 3 is 3.04 bits per heavy atom. The Morgan fingerprint density at radius 1 is 1.36 bits per heavy atom. The van der Waals surface area contributed by atoms with Gasteiger partial charge in [0.15, 0.2) is 0 Å². The fraction of sp³-hybridized carbons (Fsp3) is 0.550. The Hall–Kier alpha value is -1.85. The van der Waals surface area contributed by atoms with Crippen LogP contribution in [-0.4, -0.2) is 55.2 Å². The first-order chi connectivity index (χ1) is 12.2. The molecular weight excluding hydrogens is 314 g/mol. The molecular formula is C20H27N3O2. The maximum absolute atomic E-state index is 12.5. The molecule has 0 bridgehead atoms. The van der Waals surface area contributed by atoms with Gasteiger partial charge in [-0.25, -0.2) is 0 Å². The number of carbonyl (C=O) groups is 1. The van der Waals surface area contributed by atoms with Crippen molar-refractivity contribution in [2.75, 3.05) is 39.4 Å². The number of carbonyl (C=O) groups excluding carboxylic acids is 1. The molecule has 2 N–H and O–H groups in total. The molecule has 0 radical (unpaired) electrons. The van der Waals surface area contributed by atoms with E-state index in [-0.39, 0.29) is 5.91 Å². The van der Waals surface area contributed by atoms with Gasteiger partial charge in [0.2, 0.25) is 0 Å². The number of aryl methyl sites for hydroxylation is 1. The van der Waals surface area contributed by atoms with Crippen LogP contribution in [0.2, 0.25) is 0 Å². The lowest BCUT2D eigenvalue weighted by atomic mass is 9.87. The molecule has 5 nitrogen and oxygen atoms in total. The van der Waals surface area contributed by atoms with Gasteiger partial charge in [-0.2, -0.15) is 0 Å². The zero-order valence-corrected chi connectivity index (χ0v) is 14.9. The van der Waals surface area contributed by atoms with E-state index in [4.69, 9.17) is 4.74 Å². The summed E-state index contributed by atoms with van der Waals surface area (Å²) in [6.45, 7) is 7.37. The Kier molecular flexibility index (Phi) is 4.77. The quantitative estimate of drug-likeness (QED) is 0.897. The van der Waals surface area contributed by atoms with Crippen LogP contribution in [0.25, 0.3) is 10.9 Å². The zero-order chi connectivity index (χ0) is 17.2. The van der Waals surface area contributed by atoms with Crippen LogP contribution in [0.5, 0.6) is 0 Å². The average Bonchev–Trinajstić information content (AvgIpc) is 2.99. The van der Waals surface area contributed by atoms with Gasteiger partial charge < -0.3 is 15.0 Å². The second kappa shape index (κ2) is 7.18. The van der Waals surface area contributed by atoms with Crippen LogP contribution in [0, 0.1) is 5.92 Å². The average molecular weight is 341 g/mol. The molecule has 5 heteroatoms. The minimum absolute atomic E-state index is 0.0222. The van der Waals surface area contributed by atoms with Crippen molar-refractivity contribution in [1.29, 1.82) is 0 Å². The summed E-state index contributed by atoms with van der Waals surface area (Å²) in [5.74, 6) is 0.742. The molecule has 25 heavy (non-hydrogen) atoms. The van der Waals surface area contributed by atoms with Crippen molar-refractivity contribution in [2.45, 2.75) is 26.2 Å². The molecule has 1 aromatic heterocycles. The fourth-order valence-corrected chi connectivity index (χ4v) is 3.99. The van der Waals surface area contributed by atoms with E-state index >= 15 is 0 Å². The molecule has 1 aliphatic carbocycles. The SMILES string of the molecule is C[C@@H]1CCc2[nH]c3ccc(C(=O)NCCN4CCOCC4)cc3c2C1. The van der Waals surface area contributed by atoms with E-state index in [2.05, 4.69) is 34.3 Å². The number of nitrogens with one attached hydrogen (secondary N) is 2. The number of aromatic amines is 1. The predicted molar refractivity (Wildman–Crippen MR) is 99.1 cm³/mol. The van der Waals surface area contributed by atoms with Crippen molar-refractivity contribution >= 4 is 16.8 Å². The molecule has 1 aromatic carbocycles. The third-order valence-electron chi connectivity index (χ3n) is 5.51. The second-order valence-electron chi connectivity index (χ2n) is 7.40. The van der Waals surface area contributed by atoms with Crippen LogP contribution >= 0.6 is 0 Å². The molecule has 0 spiro atoms. The van der Waals surface area contributed by atoms with Crippen molar-refractivity contribution in [3.05, 3.63) is 35.0 Å². The first-order valence-electron chi connectivity index (χ1n) is 9.42. The summed E-state index contributed by atoms with van der Waals surface area (Å²) >= 11 is 0. The number of H-pyrrole nitrogens is 1. The lowest BCUT2D eigenvalue weighted by Gasteiger charge is -2.26. The van der Waals surface area contributed by atoms with Crippen molar-refractivity contribution in [3.8, 4) is 0 Å². The Bertz CT molecular complexity index is 762. The number of hydrogen-bond acceptors (Lipinski definition) is 3. The van der Waals surface area contributed by atoms with Crippen LogP contribution in [0.15, 0.2) is 18.2 Å². The highest BCUT2D eigenvalue weighted by Gasteiger charge is 2.20. The molecule has 1 saturated heterocycles. The van der Waals surface area contributed by atoms with Gasteiger partial charge in [-0.05, 0) is 48.9 Å². The third-order valence-corrected chi connectivity index (χ3v) is 5.51. The summed E-state index contributed by atoms with van der Waals surface area (Å²) in [6, 6.07) is 6.04. The highest BCUT2D eigenvalue weighted by Crippen LogP contribution is 2.32. The lowest BCUT2D eigenvalue weighted by molar-refractivity contribution is 0.0383. The summed E-state index contributed by atoms with van der Waals surface area (Å²) < 4.78 is 5.35. The van der Waals surface area contributed by atoms with Gasteiger partial charge in [0.25, 0.3) is 5.91 Å². The lowest BCUT2D eigenvalue weighted by Crippen LogP contribution is -2.41. The molecule has 1 fully saturated rings. The van der Waals surface area contributed by atoms with E-state index in [0.29, 0.717) is 6.54 Å². The first kappa shape index (κ1) is 16.6. The third kappa shape index (κ3) is 3.58. The van der Waals surface area contributed by atoms with Crippen LogP contribution in [-0.2, 0) is 17.6 Å². The maximum atomic E-state index is 12.5. The number of aromatic nitrogens is 1. The molecule has 134 valence electrons. The van der Waals surface area contributed by atoms with Crippen molar-refractivity contribution in [3.63, 3.8) is 0 Å². The van der Waals surface area contributed by atoms with Crippen molar-refractivity contribution < 1.29 is 9.53 Å². The molecule has 2 heterocycles. The number of hydrogen-bond donors (Lipinski definition) is 2. The predicted octanol–water partition coefficient (Wildman–Crippen LogP) is 2.35. The molecule has 4 rings (SSSR count). The number of rotatable bonds is 4. The summed E-state index contributed by atoms with van der Waals surface area (Å²) in [7, 11) is 0. The highest BCUT2D eigenvalue weighted by atomic mass is 16.5. The highest BCUT2D eigenvalue weighted by molar-refractivity contribution is 5.99. The molecule has 1 atom stereocenters. The molecule has 2 aromatic rings. The van der Waals surface area contributed by atoms with E-state index in [0.717, 1.165) is 62.7 Å². The normalized spacial score (nSPS) is 21.2. The number of fused-ring (bicyclic) bond motifs is 3. The molecule has 1 amide bonds. The van der Waals surface area contributed by atoms with E-state index in [1.165, 1.54) is 23.1 Å². The Morgan fingerprint density at radius 2 is 2.20 bits per heavy atom. The minimum Gasteiger partial charge on any atom is -0.379 e. The number of amides is 1. The Labute approximate surface area is 148 Å². The van der Waals surface area contributed by atoms with Gasteiger partial charge in [-0.1, -0.05) is 6.92 Å². The zero-order valence-electron chi connectivity index (χ0n) is 14.9. The summed E-state index contributed by atoms with van der Waals surface area (Å²) in [5, 5.41) is 4.28. The number of morpholine rings is 1. The Balaban J connectivity index is 1.43. The van der Waals surface area contributed by atoms with Crippen LogP contribution in [0.1, 0.15) is 35.0 Å². The maximum Gasteiger partial charge on any atom is 0.251 e. The number of nitrogens with zero attached hydrogens (tertiary/aromatic N) is 1. The monoisotopic (exact) mass is 341 g/mol. The van der Waals surface area contributed by atoms with Crippen LogP contribution in [0.3, 0.4) is 0 Å². The van der Waals surface area contributed by atoms with Gasteiger partial charge in [0.05, 0.1) is 13.2 Å². The summed E-state index contributed by atoms with van der Waals surface area (Å²) in [6.07, 6.45) is 3.47. The van der Waals surface area contributed by atoms with Crippen molar-refractivity contribution in [1.82, 2.24) is 15.2 Å². The van der Waals surface area contributed by atoms with Crippen molar-refractivity contribution in [2.24, 2.45) is 5.92 Å². The smallest absolute Gasteiger partial charge is 0.251 e. The second-order valence-corrected chi connectivity index (χ2v) is 7.40. The van der Waals surface area contributed by atoms with E-state index in [1.54, 1.807) is 0 Å². The van der Waals surface area contributed by atoms with Gasteiger partial charge in [-0.15, -0.1) is 0 Å². The number of ether oxygens (including phenoxy) is 1. The standard InChI is InChI=1S/C20H27N3O2/c1-14-2-4-18-16(12-14)17-13-15(3-5-19(17)22-18)20(24)21-6-7-23-8-10-25-11-9-23/h3,5,13-14,22H,2,4,6-12H2,1H3,(H,21,24)/t14-/m1/s1. The molecule has 0 unspecified atom stereocenters. The van der Waals surface area contributed by atoms with Gasteiger partial charge in [0.1, 0.15) is 0 Å². The van der Waals surface area contributed by atoms with Gasteiger partial charge in [0, 0.05) is 48.3 Å².